The van der Waals surface area contributed by atoms with E-state index >= 15 is 0 Å². The summed E-state index contributed by atoms with van der Waals surface area (Å²) in [6.07, 6.45) is 13.9. The third-order valence-corrected chi connectivity index (χ3v) is 13.1. The quantitative estimate of drug-likeness (QED) is 0.358. The molecule has 0 radical (unpaired) electrons. The summed E-state index contributed by atoms with van der Waals surface area (Å²) < 4.78 is 0. The van der Waals surface area contributed by atoms with Gasteiger partial charge in [-0.2, -0.15) is 0 Å². The molecule has 1 nitrogen and oxygen atoms in total. The van der Waals surface area contributed by atoms with Gasteiger partial charge in [0.15, 0.2) is 0 Å². The van der Waals surface area contributed by atoms with Crippen LogP contribution in [0.15, 0.2) is 11.6 Å². The van der Waals surface area contributed by atoms with Gasteiger partial charge < -0.3 is 0 Å². The molecule has 0 spiro atoms. The lowest BCUT2D eigenvalue weighted by atomic mass is 9.31. The zero-order valence-corrected chi connectivity index (χ0v) is 21.7. The molecule has 0 saturated heterocycles. The van der Waals surface area contributed by atoms with Crippen molar-refractivity contribution in [1.82, 2.24) is 0 Å². The number of hydrogen-bond acceptors (Lipinski definition) is 1. The highest BCUT2D eigenvalue weighted by atomic mass is 16.1. The van der Waals surface area contributed by atoms with E-state index in [1.807, 2.05) is 0 Å². The standard InChI is InChI=1S/C30H48O/c1-19-12-16-28(6)24(31)18-30(8)21(25(28)20(19)2)10-11-23-27(5)15-9-14-26(3,4)22(27)13-17-29(23,30)7/h12,20-23,25H,9-11,13-18H2,1-8H3/t20-,21+,22-,23+,25-,27-,28+,29+,30+/m0/s1. The smallest absolute Gasteiger partial charge is 0.139 e. The molecule has 0 N–H and O–H groups in total. The molecule has 174 valence electrons. The molecule has 5 aliphatic carbocycles. The molecular formula is C30H48O. The van der Waals surface area contributed by atoms with Crippen molar-refractivity contribution in [3.05, 3.63) is 11.6 Å². The molecule has 9 atom stereocenters. The van der Waals surface area contributed by atoms with Crippen LogP contribution >= 0.6 is 0 Å². The zero-order chi connectivity index (χ0) is 22.6. The molecule has 31 heavy (non-hydrogen) atoms. The van der Waals surface area contributed by atoms with E-state index in [-0.39, 0.29) is 10.8 Å². The van der Waals surface area contributed by atoms with Gasteiger partial charge in [0.2, 0.25) is 0 Å². The molecule has 0 amide bonds. The van der Waals surface area contributed by atoms with E-state index in [2.05, 4.69) is 61.5 Å². The van der Waals surface area contributed by atoms with Gasteiger partial charge in [0, 0.05) is 11.8 Å². The molecule has 0 unspecified atom stereocenters. The van der Waals surface area contributed by atoms with Crippen LogP contribution in [0.3, 0.4) is 0 Å². The largest absolute Gasteiger partial charge is 0.299 e. The highest BCUT2D eigenvalue weighted by Crippen LogP contribution is 2.76. The fourth-order valence-corrected chi connectivity index (χ4v) is 11.1. The average molecular weight is 425 g/mol. The molecule has 0 heterocycles. The van der Waals surface area contributed by atoms with Crippen molar-refractivity contribution in [2.75, 3.05) is 0 Å². The van der Waals surface area contributed by atoms with Crippen LogP contribution in [0.2, 0.25) is 0 Å². The van der Waals surface area contributed by atoms with Crippen LogP contribution in [0.4, 0.5) is 0 Å². The predicted octanol–water partition coefficient (Wildman–Crippen LogP) is 8.23. The maximum absolute atomic E-state index is 13.9. The second-order valence-electron chi connectivity index (χ2n) is 14.5. The van der Waals surface area contributed by atoms with E-state index in [1.54, 1.807) is 0 Å². The lowest BCUT2D eigenvalue weighted by Gasteiger charge is -2.73. The summed E-state index contributed by atoms with van der Waals surface area (Å²) in [4.78, 5) is 13.9. The maximum atomic E-state index is 13.9. The number of carbonyl (C=O) groups excluding carboxylic acids is 1. The van der Waals surface area contributed by atoms with E-state index in [9.17, 15) is 4.79 Å². The third-order valence-electron chi connectivity index (χ3n) is 13.1. The van der Waals surface area contributed by atoms with Crippen LogP contribution in [0.5, 0.6) is 0 Å². The van der Waals surface area contributed by atoms with Crippen molar-refractivity contribution in [3.63, 3.8) is 0 Å². The molecule has 0 bridgehead atoms. The Labute approximate surface area is 192 Å². The number of Topliss-reactive ketones (excluding diaryl/α,β-unsaturated/α-hetero) is 1. The fraction of sp³-hybridized carbons (Fsp3) is 0.900. The maximum Gasteiger partial charge on any atom is 0.139 e. The van der Waals surface area contributed by atoms with Gasteiger partial charge >= 0.3 is 0 Å². The van der Waals surface area contributed by atoms with Crippen molar-refractivity contribution in [3.8, 4) is 0 Å². The normalized spacial score (nSPS) is 55.9. The van der Waals surface area contributed by atoms with Gasteiger partial charge in [0.05, 0.1) is 0 Å². The second kappa shape index (κ2) is 6.50. The topological polar surface area (TPSA) is 17.1 Å². The van der Waals surface area contributed by atoms with Gasteiger partial charge in [-0.3, -0.25) is 4.79 Å². The number of carbonyl (C=O) groups is 1. The van der Waals surface area contributed by atoms with Crippen LogP contribution in [0, 0.1) is 56.7 Å². The fourth-order valence-electron chi connectivity index (χ4n) is 11.1. The first-order valence-electron chi connectivity index (χ1n) is 13.5. The van der Waals surface area contributed by atoms with Crippen molar-refractivity contribution >= 4 is 5.78 Å². The number of fused-ring (bicyclic) bond motifs is 7. The lowest BCUT2D eigenvalue weighted by molar-refractivity contribution is -0.234. The molecule has 0 aromatic heterocycles. The number of rotatable bonds is 0. The SMILES string of the molecule is CC1=CC[C@]2(C)C(=O)C[C@]3(C)[C@H](CC[C@@H]4[C@@]5(C)CCCC(C)(C)[C@@H]5CC[C@]43C)[C@@H]2[C@H]1C. The second-order valence-corrected chi connectivity index (χ2v) is 14.5. The van der Waals surface area contributed by atoms with Crippen molar-refractivity contribution in [2.45, 2.75) is 113 Å². The van der Waals surface area contributed by atoms with Gasteiger partial charge in [-0.15, -0.1) is 0 Å². The van der Waals surface area contributed by atoms with E-state index < -0.39 is 0 Å². The zero-order valence-electron chi connectivity index (χ0n) is 21.7. The Bertz CT molecular complexity index is 820. The van der Waals surface area contributed by atoms with E-state index in [0.717, 1.165) is 24.7 Å². The summed E-state index contributed by atoms with van der Waals surface area (Å²) in [5.74, 6) is 4.02. The molecule has 1 heteroatoms. The summed E-state index contributed by atoms with van der Waals surface area (Å²) >= 11 is 0. The summed E-state index contributed by atoms with van der Waals surface area (Å²) in [5, 5.41) is 0. The molecular weight excluding hydrogens is 376 g/mol. The van der Waals surface area contributed by atoms with Crippen molar-refractivity contribution in [1.29, 1.82) is 0 Å². The summed E-state index contributed by atoms with van der Waals surface area (Å²) in [6, 6.07) is 0. The van der Waals surface area contributed by atoms with Crippen molar-refractivity contribution < 1.29 is 4.79 Å². The van der Waals surface area contributed by atoms with Gasteiger partial charge in [0.25, 0.3) is 0 Å². The monoisotopic (exact) mass is 424 g/mol. The van der Waals surface area contributed by atoms with Gasteiger partial charge in [-0.25, -0.2) is 0 Å². The predicted molar refractivity (Wildman–Crippen MR) is 130 cm³/mol. The number of ketones is 1. The first kappa shape index (κ1) is 22.2. The van der Waals surface area contributed by atoms with E-state index in [1.165, 1.54) is 50.5 Å². The summed E-state index contributed by atoms with van der Waals surface area (Å²) in [5.41, 5.74) is 2.82. The Balaban J connectivity index is 1.59. The van der Waals surface area contributed by atoms with Gasteiger partial charge in [0.1, 0.15) is 5.78 Å². The molecule has 5 rings (SSSR count). The first-order valence-corrected chi connectivity index (χ1v) is 13.5. The molecule has 0 aromatic carbocycles. The highest BCUT2D eigenvalue weighted by molar-refractivity contribution is 5.87. The Kier molecular flexibility index (Phi) is 4.66. The molecule has 5 aliphatic rings. The van der Waals surface area contributed by atoms with Crippen LogP contribution < -0.4 is 0 Å². The molecule has 4 saturated carbocycles. The Morgan fingerprint density at radius 3 is 2.29 bits per heavy atom. The third kappa shape index (κ3) is 2.59. The minimum atomic E-state index is -0.125. The first-order chi connectivity index (χ1) is 14.3. The molecule has 0 aromatic rings. The van der Waals surface area contributed by atoms with E-state index in [4.69, 9.17) is 0 Å². The van der Waals surface area contributed by atoms with Gasteiger partial charge in [-0.05, 0) is 103 Å². The molecule has 0 aliphatic heterocycles. The van der Waals surface area contributed by atoms with Crippen LogP contribution in [-0.2, 0) is 4.79 Å². The van der Waals surface area contributed by atoms with Crippen LogP contribution in [-0.4, -0.2) is 5.78 Å². The minimum absolute atomic E-state index is 0.125. The lowest BCUT2D eigenvalue weighted by Crippen LogP contribution is -2.67. The van der Waals surface area contributed by atoms with Crippen LogP contribution in [0.25, 0.3) is 0 Å². The minimum Gasteiger partial charge on any atom is -0.299 e. The molecule has 4 fully saturated rings. The summed E-state index contributed by atoms with van der Waals surface area (Å²) in [7, 11) is 0. The average Bonchev–Trinajstić information content (AvgIpc) is 2.66. The Hall–Kier alpha value is -0.590. The highest BCUT2D eigenvalue weighted by Gasteiger charge is 2.70. The van der Waals surface area contributed by atoms with Crippen LogP contribution in [0.1, 0.15) is 113 Å². The summed E-state index contributed by atoms with van der Waals surface area (Å²) in [6.45, 7) is 20.1. The van der Waals surface area contributed by atoms with E-state index in [0.29, 0.717) is 39.8 Å². The van der Waals surface area contributed by atoms with Gasteiger partial charge in [-0.1, -0.05) is 66.5 Å². The number of hydrogen-bond donors (Lipinski definition) is 0. The Morgan fingerprint density at radius 1 is 0.871 bits per heavy atom. The Morgan fingerprint density at radius 2 is 1.58 bits per heavy atom. The van der Waals surface area contributed by atoms with Crippen molar-refractivity contribution in [2.24, 2.45) is 56.7 Å². The number of allylic oxidation sites excluding steroid dienone is 2.